The van der Waals surface area contributed by atoms with Gasteiger partial charge in [-0.05, 0) is 24.1 Å². The predicted octanol–water partition coefficient (Wildman–Crippen LogP) is 2.40. The summed E-state index contributed by atoms with van der Waals surface area (Å²) >= 11 is 0. The second-order valence-corrected chi connectivity index (χ2v) is 8.03. The summed E-state index contributed by atoms with van der Waals surface area (Å²) < 4.78 is 11.3. The van der Waals surface area contributed by atoms with Gasteiger partial charge in [0.25, 0.3) is 5.56 Å². The molecule has 2 aliphatic rings. The van der Waals surface area contributed by atoms with Gasteiger partial charge in [0.15, 0.2) is 11.5 Å². The fraction of sp³-hybridized carbons (Fsp3) is 0.500. The molecule has 2 aliphatic heterocycles. The molecule has 26 heavy (non-hydrogen) atoms. The Bertz CT molecular complexity index is 883. The Morgan fingerprint density at radius 3 is 2.73 bits per heavy atom. The summed E-state index contributed by atoms with van der Waals surface area (Å²) in [5, 5.41) is 0. The molecule has 1 aromatic heterocycles. The molecule has 0 saturated heterocycles. The first kappa shape index (κ1) is 17.1. The van der Waals surface area contributed by atoms with Gasteiger partial charge in [-0.2, -0.15) is 0 Å². The van der Waals surface area contributed by atoms with Gasteiger partial charge in [-0.15, -0.1) is 0 Å². The second-order valence-electron chi connectivity index (χ2n) is 8.03. The minimum absolute atomic E-state index is 0.0129. The topological polar surface area (TPSA) is 67.5 Å². The Balaban J connectivity index is 1.55. The molecule has 4 rings (SSSR count). The predicted molar refractivity (Wildman–Crippen MR) is 98.8 cm³/mol. The standard InChI is InChI=1S/C20H25N3O3/c1-20(2,3)19-21-15-12-23(7-6-14(15)18(24)22-19)11-13-4-5-16-17(10-13)26-9-8-25-16/h4-5,10H,6-9,11-12H2,1-3H3,(H,21,22,24). The van der Waals surface area contributed by atoms with Gasteiger partial charge in [-0.3, -0.25) is 9.69 Å². The van der Waals surface area contributed by atoms with Crippen LogP contribution in [0.1, 0.15) is 43.4 Å². The monoisotopic (exact) mass is 355 g/mol. The maximum atomic E-state index is 12.4. The van der Waals surface area contributed by atoms with E-state index < -0.39 is 0 Å². The largest absolute Gasteiger partial charge is 0.486 e. The van der Waals surface area contributed by atoms with Gasteiger partial charge < -0.3 is 14.5 Å². The molecule has 0 atom stereocenters. The van der Waals surface area contributed by atoms with Crippen molar-refractivity contribution in [1.82, 2.24) is 14.9 Å². The van der Waals surface area contributed by atoms with E-state index in [9.17, 15) is 4.79 Å². The van der Waals surface area contributed by atoms with E-state index in [1.807, 2.05) is 6.07 Å². The lowest BCUT2D eigenvalue weighted by atomic mass is 9.95. The molecule has 0 aliphatic carbocycles. The quantitative estimate of drug-likeness (QED) is 0.896. The number of nitrogens with zero attached hydrogens (tertiary/aromatic N) is 2. The van der Waals surface area contributed by atoms with E-state index in [0.717, 1.165) is 48.1 Å². The molecule has 0 unspecified atom stereocenters. The van der Waals surface area contributed by atoms with Crippen molar-refractivity contribution in [3.8, 4) is 11.5 Å². The van der Waals surface area contributed by atoms with Crippen LogP contribution in [0.2, 0.25) is 0 Å². The number of H-pyrrole nitrogens is 1. The van der Waals surface area contributed by atoms with Gasteiger partial charge in [-0.1, -0.05) is 26.8 Å². The second kappa shape index (κ2) is 6.43. The van der Waals surface area contributed by atoms with E-state index in [0.29, 0.717) is 19.8 Å². The molecule has 6 heteroatoms. The summed E-state index contributed by atoms with van der Waals surface area (Å²) in [6, 6.07) is 6.10. The summed E-state index contributed by atoms with van der Waals surface area (Å²) in [6.07, 6.45) is 0.729. The van der Waals surface area contributed by atoms with Gasteiger partial charge >= 0.3 is 0 Å². The van der Waals surface area contributed by atoms with Crippen molar-refractivity contribution in [2.24, 2.45) is 0 Å². The normalized spacial score (nSPS) is 17.0. The molecule has 0 amide bonds. The fourth-order valence-corrected chi connectivity index (χ4v) is 3.43. The van der Waals surface area contributed by atoms with Gasteiger partial charge in [0.1, 0.15) is 19.0 Å². The molecule has 0 fully saturated rings. The fourth-order valence-electron chi connectivity index (χ4n) is 3.43. The van der Waals surface area contributed by atoms with Gasteiger partial charge in [0, 0.05) is 30.6 Å². The zero-order valence-electron chi connectivity index (χ0n) is 15.6. The molecule has 0 bridgehead atoms. The molecule has 0 saturated carbocycles. The lowest BCUT2D eigenvalue weighted by Gasteiger charge is -2.29. The van der Waals surface area contributed by atoms with Crippen LogP contribution in [0.3, 0.4) is 0 Å². The van der Waals surface area contributed by atoms with Crippen LogP contribution in [0, 0.1) is 0 Å². The summed E-state index contributed by atoms with van der Waals surface area (Å²) in [7, 11) is 0. The lowest BCUT2D eigenvalue weighted by Crippen LogP contribution is -2.36. The molecule has 138 valence electrons. The van der Waals surface area contributed by atoms with Gasteiger partial charge in [-0.25, -0.2) is 4.98 Å². The molecular weight excluding hydrogens is 330 g/mol. The zero-order chi connectivity index (χ0) is 18.3. The summed E-state index contributed by atoms with van der Waals surface area (Å²) in [5.41, 5.74) is 2.75. The maximum Gasteiger partial charge on any atom is 0.254 e. The number of fused-ring (bicyclic) bond motifs is 2. The van der Waals surface area contributed by atoms with Crippen molar-refractivity contribution in [3.63, 3.8) is 0 Å². The number of hydrogen-bond donors (Lipinski definition) is 1. The minimum Gasteiger partial charge on any atom is -0.486 e. The highest BCUT2D eigenvalue weighted by atomic mass is 16.6. The van der Waals surface area contributed by atoms with Crippen molar-refractivity contribution in [1.29, 1.82) is 0 Å². The Labute approximate surface area is 153 Å². The minimum atomic E-state index is -0.174. The van der Waals surface area contributed by atoms with Crippen molar-refractivity contribution in [2.45, 2.75) is 45.7 Å². The number of ether oxygens (including phenoxy) is 2. The highest BCUT2D eigenvalue weighted by Gasteiger charge is 2.25. The zero-order valence-corrected chi connectivity index (χ0v) is 15.6. The lowest BCUT2D eigenvalue weighted by molar-refractivity contribution is 0.171. The van der Waals surface area contributed by atoms with Crippen LogP contribution in [0.4, 0.5) is 0 Å². The molecule has 2 aromatic rings. The summed E-state index contributed by atoms with van der Waals surface area (Å²) in [4.78, 5) is 22.5. The number of nitrogens with one attached hydrogen (secondary N) is 1. The average Bonchev–Trinajstić information content (AvgIpc) is 2.60. The number of rotatable bonds is 2. The Morgan fingerprint density at radius 1 is 1.19 bits per heavy atom. The molecule has 1 aromatic carbocycles. The van der Waals surface area contributed by atoms with Crippen LogP contribution in [0.15, 0.2) is 23.0 Å². The highest BCUT2D eigenvalue weighted by molar-refractivity contribution is 5.43. The van der Waals surface area contributed by atoms with Crippen molar-refractivity contribution in [2.75, 3.05) is 19.8 Å². The molecule has 1 N–H and O–H groups in total. The third-order valence-electron chi connectivity index (χ3n) is 4.88. The van der Waals surface area contributed by atoms with Crippen LogP contribution >= 0.6 is 0 Å². The molecule has 0 spiro atoms. The number of aromatic amines is 1. The first-order chi connectivity index (χ1) is 12.4. The Hall–Kier alpha value is -2.34. The first-order valence-electron chi connectivity index (χ1n) is 9.13. The van der Waals surface area contributed by atoms with E-state index in [-0.39, 0.29) is 11.0 Å². The first-order valence-corrected chi connectivity index (χ1v) is 9.13. The third-order valence-corrected chi connectivity index (χ3v) is 4.88. The third kappa shape index (κ3) is 3.33. The molecule has 0 radical (unpaired) electrons. The molecular formula is C20H25N3O3. The average molecular weight is 355 g/mol. The van der Waals surface area contributed by atoms with Gasteiger partial charge in [0.2, 0.25) is 0 Å². The maximum absolute atomic E-state index is 12.4. The van der Waals surface area contributed by atoms with E-state index in [2.05, 4.69) is 42.8 Å². The van der Waals surface area contributed by atoms with Crippen LogP contribution in [-0.2, 0) is 24.9 Å². The van der Waals surface area contributed by atoms with E-state index >= 15 is 0 Å². The Kier molecular flexibility index (Phi) is 4.23. The molecule has 6 nitrogen and oxygen atoms in total. The van der Waals surface area contributed by atoms with E-state index in [4.69, 9.17) is 14.5 Å². The van der Waals surface area contributed by atoms with E-state index in [1.165, 1.54) is 5.56 Å². The number of aromatic nitrogens is 2. The highest BCUT2D eigenvalue weighted by Crippen LogP contribution is 2.31. The van der Waals surface area contributed by atoms with E-state index in [1.54, 1.807) is 0 Å². The summed E-state index contributed by atoms with van der Waals surface area (Å²) in [6.45, 7) is 9.73. The van der Waals surface area contributed by atoms with Crippen molar-refractivity contribution < 1.29 is 9.47 Å². The van der Waals surface area contributed by atoms with Crippen LogP contribution in [0.5, 0.6) is 11.5 Å². The number of benzene rings is 1. The number of hydrogen-bond acceptors (Lipinski definition) is 5. The van der Waals surface area contributed by atoms with Crippen LogP contribution in [0.25, 0.3) is 0 Å². The SMILES string of the molecule is CC(C)(C)c1nc2c(c(=O)[nH]1)CCN(Cc1ccc3c(c1)OCCO3)C2. The van der Waals surface area contributed by atoms with Crippen molar-refractivity contribution >= 4 is 0 Å². The summed E-state index contributed by atoms with van der Waals surface area (Å²) in [5.74, 6) is 2.38. The van der Waals surface area contributed by atoms with Crippen LogP contribution in [-0.4, -0.2) is 34.6 Å². The van der Waals surface area contributed by atoms with Crippen LogP contribution < -0.4 is 15.0 Å². The Morgan fingerprint density at radius 2 is 1.96 bits per heavy atom. The smallest absolute Gasteiger partial charge is 0.254 e. The van der Waals surface area contributed by atoms with Gasteiger partial charge in [0.05, 0.1) is 5.69 Å². The molecule has 3 heterocycles. The van der Waals surface area contributed by atoms with Crippen molar-refractivity contribution in [3.05, 3.63) is 51.2 Å².